The summed E-state index contributed by atoms with van der Waals surface area (Å²) in [5.41, 5.74) is 4.02. The van der Waals surface area contributed by atoms with Crippen LogP contribution in [-0.2, 0) is 9.59 Å². The van der Waals surface area contributed by atoms with Crippen LogP contribution >= 0.6 is 11.8 Å². The molecule has 2 N–H and O–H groups in total. The molecule has 3 amide bonds. The highest BCUT2D eigenvalue weighted by molar-refractivity contribution is 8.18. The van der Waals surface area contributed by atoms with Crippen molar-refractivity contribution in [1.82, 2.24) is 4.90 Å². The number of imide groups is 1. The van der Waals surface area contributed by atoms with Gasteiger partial charge < -0.3 is 14.8 Å². The van der Waals surface area contributed by atoms with Gasteiger partial charge >= 0.3 is 5.97 Å². The number of benzene rings is 2. The zero-order valence-corrected chi connectivity index (χ0v) is 20.1. The molecule has 0 atom stereocenters. The molecule has 4 rings (SSSR count). The molecule has 9 heteroatoms. The number of nitrogens with one attached hydrogen (secondary N) is 1. The third-order valence-corrected chi connectivity index (χ3v) is 6.60. The fraction of sp³-hybridized carbons (Fsp3) is 0.154. The van der Waals surface area contributed by atoms with E-state index in [9.17, 15) is 24.3 Å². The lowest BCUT2D eigenvalue weighted by Crippen LogP contribution is -2.36. The van der Waals surface area contributed by atoms with Crippen molar-refractivity contribution in [2.75, 3.05) is 11.9 Å². The highest BCUT2D eigenvalue weighted by atomic mass is 32.2. The number of aryl methyl sites for hydroxylation is 2. The lowest BCUT2D eigenvalue weighted by molar-refractivity contribution is -0.127. The van der Waals surface area contributed by atoms with Crippen LogP contribution < -0.4 is 5.32 Å². The van der Waals surface area contributed by atoms with Gasteiger partial charge in [-0.1, -0.05) is 18.2 Å². The Bertz CT molecular complexity index is 1400. The van der Waals surface area contributed by atoms with Crippen molar-refractivity contribution in [2.24, 2.45) is 0 Å². The molecule has 0 radical (unpaired) electrons. The van der Waals surface area contributed by atoms with Gasteiger partial charge in [0.15, 0.2) is 0 Å². The molecule has 1 fully saturated rings. The van der Waals surface area contributed by atoms with E-state index in [-0.39, 0.29) is 10.5 Å². The first-order valence-electron chi connectivity index (χ1n) is 10.7. The van der Waals surface area contributed by atoms with E-state index < -0.39 is 29.6 Å². The Morgan fingerprint density at radius 2 is 1.83 bits per heavy atom. The standard InChI is InChI=1S/C26H22N2O6S/c1-14-7-8-17(11-15(14)2)27-23(29)13-28-24(30)22(35-26(28)33)12-18-9-10-21(34-18)19-5-4-6-20(16(19)3)25(31)32/h4-12H,13H2,1-3H3,(H,27,29)(H,31,32)/b22-12+. The van der Waals surface area contributed by atoms with Gasteiger partial charge in [0.25, 0.3) is 11.1 Å². The summed E-state index contributed by atoms with van der Waals surface area (Å²) in [6, 6.07) is 13.6. The maximum Gasteiger partial charge on any atom is 0.335 e. The van der Waals surface area contributed by atoms with Crippen LogP contribution in [-0.4, -0.2) is 39.6 Å². The third-order valence-electron chi connectivity index (χ3n) is 5.70. The van der Waals surface area contributed by atoms with Gasteiger partial charge in [-0.2, -0.15) is 0 Å². The number of carbonyl (C=O) groups is 4. The maximum absolute atomic E-state index is 12.8. The minimum Gasteiger partial charge on any atom is -0.478 e. The van der Waals surface area contributed by atoms with Gasteiger partial charge in [-0.15, -0.1) is 0 Å². The summed E-state index contributed by atoms with van der Waals surface area (Å²) >= 11 is 0.725. The second-order valence-corrected chi connectivity index (χ2v) is 9.09. The quantitative estimate of drug-likeness (QED) is 0.454. The molecule has 2 aromatic carbocycles. The van der Waals surface area contributed by atoms with Gasteiger partial charge in [-0.25, -0.2) is 4.79 Å². The fourth-order valence-electron chi connectivity index (χ4n) is 3.64. The summed E-state index contributed by atoms with van der Waals surface area (Å²) in [6.45, 7) is 5.18. The minimum atomic E-state index is -1.04. The highest BCUT2D eigenvalue weighted by Gasteiger charge is 2.36. The highest BCUT2D eigenvalue weighted by Crippen LogP contribution is 2.34. The molecule has 1 saturated heterocycles. The van der Waals surface area contributed by atoms with Gasteiger partial charge in [0, 0.05) is 17.3 Å². The Labute approximate surface area is 205 Å². The number of thioether (sulfide) groups is 1. The van der Waals surface area contributed by atoms with Crippen LogP contribution in [0.3, 0.4) is 0 Å². The normalized spacial score (nSPS) is 14.6. The Kier molecular flexibility index (Phi) is 6.61. The monoisotopic (exact) mass is 490 g/mol. The first kappa shape index (κ1) is 24.0. The lowest BCUT2D eigenvalue weighted by atomic mass is 10.0. The molecule has 0 aliphatic carbocycles. The SMILES string of the molecule is Cc1ccc(NC(=O)CN2C(=O)S/C(=C/c3ccc(-c4cccc(C(=O)O)c4C)o3)C2=O)cc1C. The molecule has 0 bridgehead atoms. The van der Waals surface area contributed by atoms with Crippen LogP contribution in [0.1, 0.15) is 32.8 Å². The number of hydrogen-bond donors (Lipinski definition) is 2. The molecule has 178 valence electrons. The fourth-order valence-corrected chi connectivity index (χ4v) is 4.46. The maximum atomic E-state index is 12.8. The van der Waals surface area contributed by atoms with Gasteiger partial charge in [-0.3, -0.25) is 19.3 Å². The summed E-state index contributed by atoms with van der Waals surface area (Å²) < 4.78 is 5.80. The molecule has 2 heterocycles. The van der Waals surface area contributed by atoms with E-state index in [0.29, 0.717) is 28.3 Å². The molecule has 8 nitrogen and oxygen atoms in total. The molecule has 0 unspecified atom stereocenters. The molecule has 0 saturated carbocycles. The molecule has 0 spiro atoms. The third kappa shape index (κ3) is 5.04. The topological polar surface area (TPSA) is 117 Å². The smallest absolute Gasteiger partial charge is 0.335 e. The van der Waals surface area contributed by atoms with Crippen molar-refractivity contribution < 1.29 is 28.7 Å². The summed E-state index contributed by atoms with van der Waals surface area (Å²) in [4.78, 5) is 50.1. The van der Waals surface area contributed by atoms with Crippen molar-refractivity contribution in [3.8, 4) is 11.3 Å². The Hall–Kier alpha value is -4.11. The second kappa shape index (κ2) is 9.63. The van der Waals surface area contributed by atoms with Crippen molar-refractivity contribution in [2.45, 2.75) is 20.8 Å². The van der Waals surface area contributed by atoms with E-state index in [1.165, 1.54) is 12.1 Å². The van der Waals surface area contributed by atoms with Crippen LogP contribution in [0.4, 0.5) is 10.5 Å². The molecule has 35 heavy (non-hydrogen) atoms. The Morgan fingerprint density at radius 1 is 1.06 bits per heavy atom. The summed E-state index contributed by atoms with van der Waals surface area (Å²) in [6.07, 6.45) is 1.44. The number of amides is 3. The second-order valence-electron chi connectivity index (χ2n) is 8.10. The number of hydrogen-bond acceptors (Lipinski definition) is 6. The Morgan fingerprint density at radius 3 is 2.54 bits per heavy atom. The van der Waals surface area contributed by atoms with E-state index >= 15 is 0 Å². The van der Waals surface area contributed by atoms with Crippen LogP contribution in [0.2, 0.25) is 0 Å². The van der Waals surface area contributed by atoms with E-state index in [1.54, 1.807) is 37.3 Å². The van der Waals surface area contributed by atoms with E-state index in [0.717, 1.165) is 27.8 Å². The van der Waals surface area contributed by atoms with Crippen LogP contribution in [0, 0.1) is 20.8 Å². The molecule has 1 aliphatic heterocycles. The average Bonchev–Trinajstić information content (AvgIpc) is 3.36. The van der Waals surface area contributed by atoms with Crippen LogP contribution in [0.15, 0.2) is 57.9 Å². The number of furan rings is 1. The summed E-state index contributed by atoms with van der Waals surface area (Å²) in [5, 5.41) is 11.5. The summed E-state index contributed by atoms with van der Waals surface area (Å²) in [5.74, 6) is -1.34. The zero-order chi connectivity index (χ0) is 25.3. The van der Waals surface area contributed by atoms with Gasteiger partial charge in [0.05, 0.1) is 10.5 Å². The zero-order valence-electron chi connectivity index (χ0n) is 19.2. The molecule has 3 aromatic rings. The number of rotatable bonds is 6. The van der Waals surface area contributed by atoms with E-state index in [1.807, 2.05) is 26.0 Å². The Balaban J connectivity index is 1.48. The van der Waals surface area contributed by atoms with Gasteiger partial charge in [0.2, 0.25) is 5.91 Å². The van der Waals surface area contributed by atoms with Crippen molar-refractivity contribution >= 4 is 46.5 Å². The summed E-state index contributed by atoms with van der Waals surface area (Å²) in [7, 11) is 0. The van der Waals surface area contributed by atoms with Crippen LogP contribution in [0.5, 0.6) is 0 Å². The van der Waals surface area contributed by atoms with Gasteiger partial charge in [-0.05, 0) is 79.6 Å². The first-order chi connectivity index (χ1) is 16.6. The number of carbonyl (C=O) groups excluding carboxylic acids is 3. The van der Waals surface area contributed by atoms with Crippen molar-refractivity contribution in [1.29, 1.82) is 0 Å². The number of carboxylic acid groups (broad SMARTS) is 1. The van der Waals surface area contributed by atoms with Crippen molar-refractivity contribution in [3.05, 3.63) is 81.5 Å². The van der Waals surface area contributed by atoms with E-state index in [2.05, 4.69) is 5.32 Å². The van der Waals surface area contributed by atoms with E-state index in [4.69, 9.17) is 4.42 Å². The van der Waals surface area contributed by atoms with Crippen molar-refractivity contribution in [3.63, 3.8) is 0 Å². The molecular formula is C26H22N2O6S. The number of carboxylic acids is 1. The molecular weight excluding hydrogens is 468 g/mol. The number of nitrogens with zero attached hydrogens (tertiary/aromatic N) is 1. The molecule has 1 aliphatic rings. The lowest BCUT2D eigenvalue weighted by Gasteiger charge is -2.13. The predicted molar refractivity (Wildman–Crippen MR) is 133 cm³/mol. The van der Waals surface area contributed by atoms with Gasteiger partial charge in [0.1, 0.15) is 18.1 Å². The molecule has 1 aromatic heterocycles. The number of aromatic carboxylic acids is 1. The number of anilines is 1. The minimum absolute atomic E-state index is 0.130. The van der Waals surface area contributed by atoms with Crippen LogP contribution in [0.25, 0.3) is 17.4 Å². The average molecular weight is 491 g/mol. The first-order valence-corrected chi connectivity index (χ1v) is 11.5. The largest absolute Gasteiger partial charge is 0.478 e. The predicted octanol–water partition coefficient (Wildman–Crippen LogP) is 5.25.